The SMILES string of the molecule is Cc1ccc(NC(=O)Cc2ccc(Cl)cc2)cc1I. The number of hydrogen-bond acceptors (Lipinski definition) is 1. The van der Waals surface area contributed by atoms with Crippen LogP contribution in [0.1, 0.15) is 11.1 Å². The van der Waals surface area contributed by atoms with Gasteiger partial charge >= 0.3 is 0 Å². The third-order valence-electron chi connectivity index (χ3n) is 2.73. The Labute approximate surface area is 131 Å². The van der Waals surface area contributed by atoms with Gasteiger partial charge < -0.3 is 5.32 Å². The lowest BCUT2D eigenvalue weighted by molar-refractivity contribution is -0.115. The molecular formula is C15H13ClINO. The fraction of sp³-hybridized carbons (Fsp3) is 0.133. The number of rotatable bonds is 3. The molecule has 0 radical (unpaired) electrons. The van der Waals surface area contributed by atoms with E-state index in [2.05, 4.69) is 27.9 Å². The molecule has 19 heavy (non-hydrogen) atoms. The maximum absolute atomic E-state index is 11.9. The molecule has 2 rings (SSSR count). The van der Waals surface area contributed by atoms with Crippen LogP contribution in [0.3, 0.4) is 0 Å². The lowest BCUT2D eigenvalue weighted by atomic mass is 10.1. The van der Waals surface area contributed by atoms with Gasteiger partial charge in [0.25, 0.3) is 0 Å². The molecule has 1 N–H and O–H groups in total. The van der Waals surface area contributed by atoms with Gasteiger partial charge in [0.05, 0.1) is 6.42 Å². The number of nitrogens with one attached hydrogen (secondary N) is 1. The van der Waals surface area contributed by atoms with Crippen LogP contribution in [0.15, 0.2) is 42.5 Å². The lowest BCUT2D eigenvalue weighted by Gasteiger charge is -2.07. The average Bonchev–Trinajstić information content (AvgIpc) is 2.37. The molecule has 2 aromatic carbocycles. The van der Waals surface area contributed by atoms with Gasteiger partial charge in [-0.3, -0.25) is 4.79 Å². The van der Waals surface area contributed by atoms with Crippen LogP contribution in [0.4, 0.5) is 5.69 Å². The average molecular weight is 386 g/mol. The maximum atomic E-state index is 11.9. The quantitative estimate of drug-likeness (QED) is 0.778. The first kappa shape index (κ1) is 14.3. The Hall–Kier alpha value is -1.07. The molecule has 0 aromatic heterocycles. The second-order valence-electron chi connectivity index (χ2n) is 4.32. The summed E-state index contributed by atoms with van der Waals surface area (Å²) in [4.78, 5) is 11.9. The molecule has 0 atom stereocenters. The predicted molar refractivity (Wildman–Crippen MR) is 87.7 cm³/mol. The van der Waals surface area contributed by atoms with Crippen molar-refractivity contribution in [2.24, 2.45) is 0 Å². The van der Waals surface area contributed by atoms with E-state index < -0.39 is 0 Å². The van der Waals surface area contributed by atoms with E-state index in [1.54, 1.807) is 12.1 Å². The van der Waals surface area contributed by atoms with Crippen LogP contribution in [0.2, 0.25) is 5.02 Å². The Morgan fingerprint density at radius 3 is 2.53 bits per heavy atom. The minimum atomic E-state index is -0.0259. The van der Waals surface area contributed by atoms with Gasteiger partial charge in [0, 0.05) is 14.3 Å². The zero-order valence-corrected chi connectivity index (χ0v) is 13.3. The van der Waals surface area contributed by atoms with Gasteiger partial charge in [-0.25, -0.2) is 0 Å². The summed E-state index contributed by atoms with van der Waals surface area (Å²) in [5, 5.41) is 3.57. The molecule has 0 bridgehead atoms. The number of benzene rings is 2. The molecule has 1 amide bonds. The Bertz CT molecular complexity index is 596. The summed E-state index contributed by atoms with van der Waals surface area (Å²) < 4.78 is 1.14. The zero-order chi connectivity index (χ0) is 13.8. The molecular weight excluding hydrogens is 373 g/mol. The van der Waals surface area contributed by atoms with Gasteiger partial charge in [-0.1, -0.05) is 29.8 Å². The van der Waals surface area contributed by atoms with Crippen LogP contribution in [0.5, 0.6) is 0 Å². The van der Waals surface area contributed by atoms with Gasteiger partial charge in [0.15, 0.2) is 0 Å². The van der Waals surface area contributed by atoms with E-state index in [0.717, 1.165) is 14.8 Å². The van der Waals surface area contributed by atoms with Crippen LogP contribution in [-0.2, 0) is 11.2 Å². The van der Waals surface area contributed by atoms with Crippen molar-refractivity contribution in [1.29, 1.82) is 0 Å². The molecule has 0 saturated carbocycles. The van der Waals surface area contributed by atoms with Gasteiger partial charge in [0.2, 0.25) is 5.91 Å². The van der Waals surface area contributed by atoms with Crippen LogP contribution >= 0.6 is 34.2 Å². The molecule has 0 aliphatic carbocycles. The van der Waals surface area contributed by atoms with Crippen molar-refractivity contribution in [1.82, 2.24) is 0 Å². The summed E-state index contributed by atoms with van der Waals surface area (Å²) >= 11 is 8.07. The summed E-state index contributed by atoms with van der Waals surface area (Å²) in [5.41, 5.74) is 2.98. The number of aryl methyl sites for hydroxylation is 1. The van der Waals surface area contributed by atoms with Gasteiger partial charge in [-0.05, 0) is 64.9 Å². The van der Waals surface area contributed by atoms with E-state index in [1.807, 2.05) is 37.3 Å². The van der Waals surface area contributed by atoms with Gasteiger partial charge in [-0.15, -0.1) is 0 Å². The predicted octanol–water partition coefficient (Wildman–Crippen LogP) is 4.43. The van der Waals surface area contributed by atoms with Crippen molar-refractivity contribution in [3.05, 3.63) is 62.2 Å². The Balaban J connectivity index is 2.01. The highest BCUT2D eigenvalue weighted by molar-refractivity contribution is 14.1. The summed E-state index contributed by atoms with van der Waals surface area (Å²) in [6.07, 6.45) is 0.349. The number of carbonyl (C=O) groups excluding carboxylic acids is 1. The van der Waals surface area contributed by atoms with E-state index >= 15 is 0 Å². The topological polar surface area (TPSA) is 29.1 Å². The van der Waals surface area contributed by atoms with Crippen LogP contribution in [-0.4, -0.2) is 5.91 Å². The number of halogens is 2. The molecule has 0 aliphatic rings. The third-order valence-corrected chi connectivity index (χ3v) is 4.15. The number of anilines is 1. The molecule has 0 heterocycles. The minimum Gasteiger partial charge on any atom is -0.326 e. The molecule has 2 aromatic rings. The zero-order valence-electron chi connectivity index (χ0n) is 10.4. The van der Waals surface area contributed by atoms with Gasteiger partial charge in [0.1, 0.15) is 0 Å². The van der Waals surface area contributed by atoms with Crippen LogP contribution in [0.25, 0.3) is 0 Å². The van der Waals surface area contributed by atoms with E-state index in [1.165, 1.54) is 5.56 Å². The van der Waals surface area contributed by atoms with Crippen LogP contribution < -0.4 is 5.32 Å². The lowest BCUT2D eigenvalue weighted by Crippen LogP contribution is -2.14. The molecule has 0 saturated heterocycles. The summed E-state index contributed by atoms with van der Waals surface area (Å²) in [6.45, 7) is 2.04. The molecule has 0 aliphatic heterocycles. The highest BCUT2D eigenvalue weighted by Crippen LogP contribution is 2.17. The number of hydrogen-bond donors (Lipinski definition) is 1. The smallest absolute Gasteiger partial charge is 0.228 e. The van der Waals surface area contributed by atoms with Crippen molar-refractivity contribution < 1.29 is 4.79 Å². The standard InChI is InChI=1S/C15H13ClINO/c1-10-2-7-13(9-14(10)17)18-15(19)8-11-3-5-12(16)6-4-11/h2-7,9H,8H2,1H3,(H,18,19). The van der Waals surface area contributed by atoms with Crippen molar-refractivity contribution in [3.63, 3.8) is 0 Å². The molecule has 0 unspecified atom stereocenters. The third kappa shape index (κ3) is 4.21. The van der Waals surface area contributed by atoms with E-state index in [9.17, 15) is 4.79 Å². The largest absolute Gasteiger partial charge is 0.326 e. The summed E-state index contributed by atoms with van der Waals surface area (Å²) in [7, 11) is 0. The Morgan fingerprint density at radius 1 is 1.21 bits per heavy atom. The van der Waals surface area contributed by atoms with Crippen molar-refractivity contribution in [2.45, 2.75) is 13.3 Å². The molecule has 2 nitrogen and oxygen atoms in total. The first-order valence-corrected chi connectivity index (χ1v) is 7.31. The van der Waals surface area contributed by atoms with Crippen LogP contribution in [0, 0.1) is 10.5 Å². The molecule has 0 fully saturated rings. The van der Waals surface area contributed by atoms with Gasteiger partial charge in [-0.2, -0.15) is 0 Å². The van der Waals surface area contributed by atoms with Crippen molar-refractivity contribution >= 4 is 45.8 Å². The molecule has 98 valence electrons. The van der Waals surface area contributed by atoms with Crippen molar-refractivity contribution in [3.8, 4) is 0 Å². The second-order valence-corrected chi connectivity index (χ2v) is 5.91. The van der Waals surface area contributed by atoms with E-state index in [-0.39, 0.29) is 5.91 Å². The molecule has 0 spiro atoms. The molecule has 4 heteroatoms. The number of amides is 1. The normalized spacial score (nSPS) is 10.3. The van der Waals surface area contributed by atoms with Crippen molar-refractivity contribution in [2.75, 3.05) is 5.32 Å². The van der Waals surface area contributed by atoms with E-state index in [4.69, 9.17) is 11.6 Å². The fourth-order valence-electron chi connectivity index (χ4n) is 1.66. The monoisotopic (exact) mass is 385 g/mol. The first-order valence-electron chi connectivity index (χ1n) is 5.85. The number of carbonyl (C=O) groups is 1. The summed E-state index contributed by atoms with van der Waals surface area (Å²) in [6, 6.07) is 13.2. The highest BCUT2D eigenvalue weighted by Gasteiger charge is 2.05. The Kier molecular flexibility index (Phi) is 4.82. The second kappa shape index (κ2) is 6.39. The maximum Gasteiger partial charge on any atom is 0.228 e. The highest BCUT2D eigenvalue weighted by atomic mass is 127. The summed E-state index contributed by atoms with van der Waals surface area (Å²) in [5.74, 6) is -0.0259. The first-order chi connectivity index (χ1) is 9.04. The van der Waals surface area contributed by atoms with E-state index in [0.29, 0.717) is 11.4 Å². The minimum absolute atomic E-state index is 0.0259. The Morgan fingerprint density at radius 2 is 1.89 bits per heavy atom. The fourth-order valence-corrected chi connectivity index (χ4v) is 2.30.